The van der Waals surface area contributed by atoms with Gasteiger partial charge in [0, 0.05) is 30.3 Å². The second-order valence-corrected chi connectivity index (χ2v) is 7.62. The maximum atomic E-state index is 12.4. The first kappa shape index (κ1) is 18.1. The van der Waals surface area contributed by atoms with Crippen LogP contribution < -0.4 is 20.1 Å². The van der Waals surface area contributed by atoms with Gasteiger partial charge in [0.2, 0.25) is 11.8 Å². The van der Waals surface area contributed by atoms with Crippen LogP contribution >= 0.6 is 0 Å². The lowest BCUT2D eigenvalue weighted by molar-refractivity contribution is -0.128. The van der Waals surface area contributed by atoms with E-state index < -0.39 is 0 Å². The molecule has 1 atom stereocenters. The molecule has 2 N–H and O–H groups in total. The molecule has 1 saturated heterocycles. The summed E-state index contributed by atoms with van der Waals surface area (Å²) in [6, 6.07) is 5.58. The van der Waals surface area contributed by atoms with Gasteiger partial charge < -0.3 is 20.1 Å². The van der Waals surface area contributed by atoms with Crippen LogP contribution in [0.25, 0.3) is 0 Å². The summed E-state index contributed by atoms with van der Waals surface area (Å²) >= 11 is 0. The van der Waals surface area contributed by atoms with Gasteiger partial charge in [-0.2, -0.15) is 0 Å². The fraction of sp³-hybridized carbons (Fsp3) is 0.600. The molecule has 1 aromatic rings. The average molecular weight is 373 g/mol. The van der Waals surface area contributed by atoms with Crippen LogP contribution in [-0.4, -0.2) is 55.6 Å². The third-order valence-electron chi connectivity index (χ3n) is 5.52. The number of nitrogens with one attached hydrogen (secondary N) is 2. The molecule has 146 valence electrons. The van der Waals surface area contributed by atoms with Gasteiger partial charge in [0.05, 0.1) is 6.54 Å². The maximum absolute atomic E-state index is 12.4. The van der Waals surface area contributed by atoms with Gasteiger partial charge in [-0.1, -0.05) is 6.42 Å². The molecular weight excluding hydrogens is 346 g/mol. The molecule has 27 heavy (non-hydrogen) atoms. The predicted molar refractivity (Wildman–Crippen MR) is 101 cm³/mol. The Morgan fingerprint density at radius 3 is 2.67 bits per heavy atom. The van der Waals surface area contributed by atoms with E-state index in [1.54, 1.807) is 6.07 Å². The molecule has 0 bridgehead atoms. The number of nitrogens with zero attached hydrogens (tertiary/aromatic N) is 1. The van der Waals surface area contributed by atoms with E-state index in [9.17, 15) is 9.59 Å². The van der Waals surface area contributed by atoms with Crippen molar-refractivity contribution in [2.75, 3.05) is 38.2 Å². The molecule has 7 heteroatoms. The van der Waals surface area contributed by atoms with Crippen molar-refractivity contribution in [3.63, 3.8) is 0 Å². The van der Waals surface area contributed by atoms with Gasteiger partial charge in [-0.05, 0) is 44.4 Å². The molecule has 2 amide bonds. The maximum Gasteiger partial charge on any atom is 0.238 e. The Bertz CT molecular complexity index is 704. The van der Waals surface area contributed by atoms with Crippen molar-refractivity contribution < 1.29 is 19.1 Å². The van der Waals surface area contributed by atoms with Gasteiger partial charge in [-0.3, -0.25) is 14.5 Å². The summed E-state index contributed by atoms with van der Waals surface area (Å²) in [6.07, 6.45) is 5.17. The molecule has 0 spiro atoms. The van der Waals surface area contributed by atoms with Crippen LogP contribution in [0.1, 0.15) is 32.1 Å². The van der Waals surface area contributed by atoms with Crippen LogP contribution in [0.4, 0.5) is 5.69 Å². The molecule has 0 aromatic heterocycles. The molecule has 2 fully saturated rings. The normalized spacial score (nSPS) is 22.6. The molecule has 1 aromatic carbocycles. The minimum Gasteiger partial charge on any atom is -0.486 e. The van der Waals surface area contributed by atoms with Crippen molar-refractivity contribution in [2.45, 2.75) is 38.1 Å². The zero-order valence-electron chi connectivity index (χ0n) is 15.5. The van der Waals surface area contributed by atoms with Gasteiger partial charge in [0.1, 0.15) is 13.2 Å². The van der Waals surface area contributed by atoms with E-state index in [0.29, 0.717) is 36.9 Å². The Balaban J connectivity index is 1.26. The smallest absolute Gasteiger partial charge is 0.238 e. The van der Waals surface area contributed by atoms with Crippen molar-refractivity contribution in [3.8, 4) is 11.5 Å². The van der Waals surface area contributed by atoms with Crippen LogP contribution in [0.3, 0.4) is 0 Å². The summed E-state index contributed by atoms with van der Waals surface area (Å²) in [5.74, 6) is 1.71. The van der Waals surface area contributed by atoms with Crippen LogP contribution in [-0.2, 0) is 9.59 Å². The van der Waals surface area contributed by atoms with Crippen molar-refractivity contribution in [3.05, 3.63) is 18.2 Å². The van der Waals surface area contributed by atoms with Crippen LogP contribution in [0.2, 0.25) is 0 Å². The lowest BCUT2D eigenvalue weighted by Crippen LogP contribution is -2.51. The number of piperidine rings is 1. The number of hydrogen-bond donors (Lipinski definition) is 2. The lowest BCUT2D eigenvalue weighted by Gasteiger charge is -2.34. The first-order valence-electron chi connectivity index (χ1n) is 9.89. The third kappa shape index (κ3) is 4.53. The Morgan fingerprint density at radius 1 is 1.07 bits per heavy atom. The van der Waals surface area contributed by atoms with Gasteiger partial charge in [-0.15, -0.1) is 0 Å². The van der Waals surface area contributed by atoms with E-state index in [4.69, 9.17) is 9.47 Å². The number of rotatable bonds is 5. The van der Waals surface area contributed by atoms with Crippen LogP contribution in [0.5, 0.6) is 11.5 Å². The summed E-state index contributed by atoms with van der Waals surface area (Å²) in [4.78, 5) is 26.7. The number of ether oxygens (including phenoxy) is 2. The molecule has 4 rings (SSSR count). The molecule has 0 radical (unpaired) electrons. The number of carbonyl (C=O) groups is 2. The summed E-state index contributed by atoms with van der Waals surface area (Å²) < 4.78 is 11.0. The van der Waals surface area contributed by atoms with Gasteiger partial charge in [0.15, 0.2) is 11.5 Å². The molecule has 1 saturated carbocycles. The number of amides is 2. The Labute approximate surface area is 159 Å². The molecule has 3 aliphatic rings. The first-order valence-corrected chi connectivity index (χ1v) is 9.89. The average Bonchev–Trinajstić information content (AvgIpc) is 2.60. The zero-order chi connectivity index (χ0) is 18.6. The summed E-state index contributed by atoms with van der Waals surface area (Å²) in [5.41, 5.74) is 0.705. The van der Waals surface area contributed by atoms with Gasteiger partial charge >= 0.3 is 0 Å². The van der Waals surface area contributed by atoms with Gasteiger partial charge in [0.25, 0.3) is 0 Å². The fourth-order valence-corrected chi connectivity index (χ4v) is 3.83. The van der Waals surface area contributed by atoms with Crippen molar-refractivity contribution in [1.82, 2.24) is 10.2 Å². The Hall–Kier alpha value is -2.28. The largest absolute Gasteiger partial charge is 0.486 e. The topological polar surface area (TPSA) is 79.9 Å². The molecule has 7 nitrogen and oxygen atoms in total. The predicted octanol–water partition coefficient (Wildman–Crippen LogP) is 1.78. The molecule has 2 heterocycles. The van der Waals surface area contributed by atoms with E-state index in [-0.39, 0.29) is 23.8 Å². The standard InChI is InChI=1S/C20H27N3O4/c24-19(21-15-6-7-17-18(11-15)27-10-9-26-17)13-23-8-2-5-16(12-23)22-20(25)14-3-1-4-14/h6-7,11,14,16H,1-5,8-10,12-13H2,(H,21,24)(H,22,25). The highest BCUT2D eigenvalue weighted by atomic mass is 16.6. The van der Waals surface area contributed by atoms with Crippen molar-refractivity contribution in [2.24, 2.45) is 5.92 Å². The number of anilines is 1. The van der Waals surface area contributed by atoms with E-state index in [1.165, 1.54) is 0 Å². The summed E-state index contributed by atoms with van der Waals surface area (Å²) in [6.45, 7) is 3.00. The number of carbonyl (C=O) groups excluding carboxylic acids is 2. The minimum absolute atomic E-state index is 0.0577. The highest BCUT2D eigenvalue weighted by molar-refractivity contribution is 5.92. The zero-order valence-corrected chi connectivity index (χ0v) is 15.5. The highest BCUT2D eigenvalue weighted by Crippen LogP contribution is 2.32. The van der Waals surface area contributed by atoms with Crippen molar-refractivity contribution in [1.29, 1.82) is 0 Å². The number of benzene rings is 1. The third-order valence-corrected chi connectivity index (χ3v) is 5.52. The molecular formula is C20H27N3O4. The molecule has 1 unspecified atom stereocenters. The monoisotopic (exact) mass is 373 g/mol. The minimum atomic E-state index is -0.0577. The molecule has 2 aliphatic heterocycles. The summed E-state index contributed by atoms with van der Waals surface area (Å²) in [7, 11) is 0. The fourth-order valence-electron chi connectivity index (χ4n) is 3.83. The molecule has 1 aliphatic carbocycles. The van der Waals surface area contributed by atoms with E-state index >= 15 is 0 Å². The summed E-state index contributed by atoms with van der Waals surface area (Å²) in [5, 5.41) is 6.09. The van der Waals surface area contributed by atoms with E-state index in [1.807, 2.05) is 12.1 Å². The highest BCUT2D eigenvalue weighted by Gasteiger charge is 2.29. The quantitative estimate of drug-likeness (QED) is 0.822. The Morgan fingerprint density at radius 2 is 1.89 bits per heavy atom. The van der Waals surface area contributed by atoms with Crippen LogP contribution in [0.15, 0.2) is 18.2 Å². The lowest BCUT2D eigenvalue weighted by atomic mass is 9.84. The SMILES string of the molecule is O=C(CN1CCCC(NC(=O)C2CCC2)C1)Nc1ccc2c(c1)OCCO2. The number of hydrogen-bond acceptors (Lipinski definition) is 5. The first-order chi connectivity index (χ1) is 13.2. The van der Waals surface area contributed by atoms with Crippen LogP contribution in [0, 0.1) is 5.92 Å². The van der Waals surface area contributed by atoms with Crippen molar-refractivity contribution >= 4 is 17.5 Å². The number of fused-ring (bicyclic) bond motifs is 1. The number of likely N-dealkylation sites (tertiary alicyclic amines) is 1. The van der Waals surface area contributed by atoms with E-state index in [2.05, 4.69) is 15.5 Å². The van der Waals surface area contributed by atoms with Gasteiger partial charge in [-0.25, -0.2) is 0 Å². The Kier molecular flexibility index (Phi) is 5.48. The second kappa shape index (κ2) is 8.17. The van der Waals surface area contributed by atoms with E-state index in [0.717, 1.165) is 45.2 Å². The second-order valence-electron chi connectivity index (χ2n) is 7.62.